The van der Waals surface area contributed by atoms with Crippen LogP contribution in [0, 0.1) is 18.3 Å². The number of rotatable bonds is 4. The predicted molar refractivity (Wildman–Crippen MR) is 136 cm³/mol. The second kappa shape index (κ2) is 9.46. The summed E-state index contributed by atoms with van der Waals surface area (Å²) in [6.45, 7) is 7.41. The molecule has 8 nitrogen and oxygen atoms in total. The number of benzene rings is 2. The summed E-state index contributed by atoms with van der Waals surface area (Å²) in [6.07, 6.45) is 0.731. The van der Waals surface area contributed by atoms with Crippen LogP contribution >= 0.6 is 0 Å². The summed E-state index contributed by atoms with van der Waals surface area (Å²) < 4.78 is 13.5. The van der Waals surface area contributed by atoms with Gasteiger partial charge in [-0.15, -0.1) is 0 Å². The Morgan fingerprint density at radius 3 is 2.75 bits per heavy atom. The van der Waals surface area contributed by atoms with Crippen molar-refractivity contribution in [2.45, 2.75) is 32.4 Å². The van der Waals surface area contributed by atoms with Gasteiger partial charge in [0.2, 0.25) is 0 Å². The Morgan fingerprint density at radius 2 is 2.00 bits per heavy atom. The average Bonchev–Trinajstić information content (AvgIpc) is 2.87. The molecule has 0 saturated carbocycles. The number of anilines is 2. The minimum atomic E-state index is -1.04. The number of piperazine rings is 1. The van der Waals surface area contributed by atoms with Crippen LogP contribution in [-0.2, 0) is 17.8 Å². The second-order valence-corrected chi connectivity index (χ2v) is 9.31. The van der Waals surface area contributed by atoms with Crippen molar-refractivity contribution in [3.8, 4) is 6.07 Å². The monoisotopic (exact) mass is 486 g/mol. The number of H-pyrrole nitrogens is 1. The van der Waals surface area contributed by atoms with E-state index in [4.69, 9.17) is 0 Å². The molecule has 1 atom stereocenters. The predicted octanol–water partition coefficient (Wildman–Crippen LogP) is 3.21. The minimum absolute atomic E-state index is 0.0507. The number of aryl methyl sites for hydroxylation is 1. The van der Waals surface area contributed by atoms with Crippen molar-refractivity contribution >= 4 is 28.2 Å². The van der Waals surface area contributed by atoms with Crippen LogP contribution in [0.3, 0.4) is 0 Å². The molecule has 5 rings (SSSR count). The van der Waals surface area contributed by atoms with Gasteiger partial charge in [0.15, 0.2) is 5.83 Å². The van der Waals surface area contributed by atoms with Crippen molar-refractivity contribution in [1.82, 2.24) is 14.9 Å². The third-order valence-electron chi connectivity index (χ3n) is 7.11. The van der Waals surface area contributed by atoms with Crippen LogP contribution in [0.15, 0.2) is 53.6 Å². The number of aromatic nitrogens is 2. The lowest BCUT2D eigenvalue weighted by molar-refractivity contribution is -0.131. The number of nitriles is 1. The fourth-order valence-electron chi connectivity index (χ4n) is 5.43. The van der Waals surface area contributed by atoms with Gasteiger partial charge in [-0.3, -0.25) is 4.79 Å². The fraction of sp³-hybridized carbons (Fsp3) is 0.333. The zero-order valence-electron chi connectivity index (χ0n) is 20.1. The quantitative estimate of drug-likeness (QED) is 0.569. The number of hydrogen-bond acceptors (Lipinski definition) is 6. The molecule has 36 heavy (non-hydrogen) atoms. The zero-order chi connectivity index (χ0) is 25.4. The van der Waals surface area contributed by atoms with Gasteiger partial charge in [0.1, 0.15) is 5.82 Å². The molecular formula is C27H27FN6O2. The normalized spacial score (nSPS) is 17.6. The molecule has 184 valence electrons. The maximum absolute atomic E-state index is 13.5. The number of carbonyl (C=O) groups excluding carboxylic acids is 1. The van der Waals surface area contributed by atoms with Gasteiger partial charge in [0.25, 0.3) is 5.91 Å². The number of carbonyl (C=O) groups is 1. The summed E-state index contributed by atoms with van der Waals surface area (Å²) in [4.78, 5) is 37.6. The number of hydrogen-bond donors (Lipinski definition) is 1. The molecule has 0 unspecified atom stereocenters. The van der Waals surface area contributed by atoms with E-state index in [0.29, 0.717) is 31.9 Å². The van der Waals surface area contributed by atoms with E-state index in [1.807, 2.05) is 4.90 Å². The van der Waals surface area contributed by atoms with Gasteiger partial charge in [-0.2, -0.15) is 10.2 Å². The van der Waals surface area contributed by atoms with E-state index in [1.54, 1.807) is 0 Å². The highest BCUT2D eigenvalue weighted by molar-refractivity contribution is 5.97. The largest absolute Gasteiger partial charge is 0.365 e. The SMILES string of the molecule is C=C(F)C(=O)N1CCN(c2nc(=O)[nH]c3c2CCN(c2cccc4cccc(C)c24)C3)C[C@@H]1CC#N. The topological polar surface area (TPSA) is 96.3 Å². The molecule has 1 N–H and O–H groups in total. The lowest BCUT2D eigenvalue weighted by atomic mass is 9.99. The summed E-state index contributed by atoms with van der Waals surface area (Å²) in [5.74, 6) is -1.25. The molecule has 2 aliphatic heterocycles. The number of nitrogens with one attached hydrogen (secondary N) is 1. The van der Waals surface area contributed by atoms with E-state index in [-0.39, 0.29) is 13.0 Å². The van der Waals surface area contributed by atoms with Crippen LogP contribution in [0.5, 0.6) is 0 Å². The van der Waals surface area contributed by atoms with Crippen molar-refractivity contribution in [2.24, 2.45) is 0 Å². The molecule has 1 amide bonds. The van der Waals surface area contributed by atoms with E-state index >= 15 is 0 Å². The van der Waals surface area contributed by atoms with Crippen LogP contribution in [0.1, 0.15) is 23.2 Å². The summed E-state index contributed by atoms with van der Waals surface area (Å²) in [7, 11) is 0. The standard InChI is InChI=1S/C27H27FN6O2/c1-17-5-3-6-19-7-4-8-23(24(17)19)32-12-10-21-22(16-32)30-27(36)31-25(21)33-13-14-34(26(35)18(2)28)20(15-33)9-11-29/h3-8,20H,2,9-10,12-16H2,1H3,(H,30,31,36)/t20-/m0/s1. The van der Waals surface area contributed by atoms with Crippen molar-refractivity contribution in [3.63, 3.8) is 0 Å². The first-order valence-electron chi connectivity index (χ1n) is 12.0. The Balaban J connectivity index is 1.46. The lowest BCUT2D eigenvalue weighted by Gasteiger charge is -2.42. The Hall–Kier alpha value is -4.19. The number of fused-ring (bicyclic) bond motifs is 2. The number of amides is 1. The number of aromatic amines is 1. The minimum Gasteiger partial charge on any atom is -0.365 e. The Labute approximate surface area is 208 Å². The molecule has 0 aliphatic carbocycles. The van der Waals surface area contributed by atoms with Gasteiger partial charge in [-0.1, -0.05) is 36.9 Å². The van der Waals surface area contributed by atoms with E-state index in [9.17, 15) is 19.2 Å². The maximum Gasteiger partial charge on any atom is 0.347 e. The van der Waals surface area contributed by atoms with E-state index in [2.05, 4.69) is 70.8 Å². The van der Waals surface area contributed by atoms with E-state index in [1.165, 1.54) is 21.2 Å². The lowest BCUT2D eigenvalue weighted by Crippen LogP contribution is -2.56. The number of nitrogens with zero attached hydrogens (tertiary/aromatic N) is 5. The van der Waals surface area contributed by atoms with Crippen LogP contribution < -0.4 is 15.5 Å². The van der Waals surface area contributed by atoms with Crippen molar-refractivity contribution in [3.05, 3.63) is 76.1 Å². The summed E-state index contributed by atoms with van der Waals surface area (Å²) in [6, 6.07) is 14.1. The van der Waals surface area contributed by atoms with Crippen molar-refractivity contribution < 1.29 is 9.18 Å². The van der Waals surface area contributed by atoms with Gasteiger partial charge < -0.3 is 19.7 Å². The molecular weight excluding hydrogens is 459 g/mol. The van der Waals surface area contributed by atoms with Crippen molar-refractivity contribution in [2.75, 3.05) is 36.0 Å². The van der Waals surface area contributed by atoms with Crippen LogP contribution in [-0.4, -0.2) is 53.0 Å². The third-order valence-corrected chi connectivity index (χ3v) is 7.11. The highest BCUT2D eigenvalue weighted by atomic mass is 19.1. The first-order valence-corrected chi connectivity index (χ1v) is 12.0. The summed E-state index contributed by atoms with van der Waals surface area (Å²) in [5, 5.41) is 11.7. The molecule has 2 aromatic carbocycles. The molecule has 1 saturated heterocycles. The second-order valence-electron chi connectivity index (χ2n) is 9.31. The highest BCUT2D eigenvalue weighted by Gasteiger charge is 2.34. The molecule has 9 heteroatoms. The van der Waals surface area contributed by atoms with E-state index in [0.717, 1.165) is 23.5 Å². The first-order chi connectivity index (χ1) is 17.4. The fourth-order valence-corrected chi connectivity index (χ4v) is 5.43. The smallest absolute Gasteiger partial charge is 0.347 e. The van der Waals surface area contributed by atoms with E-state index < -0.39 is 23.5 Å². The molecule has 2 aliphatic rings. The first kappa shape index (κ1) is 23.5. The molecule has 1 aromatic heterocycles. The molecule has 0 radical (unpaired) electrons. The van der Waals surface area contributed by atoms with Gasteiger partial charge in [-0.25, -0.2) is 9.18 Å². The molecule has 0 spiro atoms. The molecule has 0 bridgehead atoms. The number of halogens is 1. The summed E-state index contributed by atoms with van der Waals surface area (Å²) in [5.41, 5.74) is 3.67. The highest BCUT2D eigenvalue weighted by Crippen LogP contribution is 2.34. The maximum atomic E-state index is 13.5. The Morgan fingerprint density at radius 1 is 1.22 bits per heavy atom. The van der Waals surface area contributed by atoms with Crippen LogP contribution in [0.2, 0.25) is 0 Å². The summed E-state index contributed by atoms with van der Waals surface area (Å²) >= 11 is 0. The molecule has 3 aromatic rings. The molecule has 1 fully saturated rings. The Bertz CT molecular complexity index is 1450. The zero-order valence-corrected chi connectivity index (χ0v) is 20.1. The van der Waals surface area contributed by atoms with Gasteiger partial charge >= 0.3 is 5.69 Å². The van der Waals surface area contributed by atoms with Crippen LogP contribution in [0.4, 0.5) is 15.9 Å². The average molecular weight is 487 g/mol. The Kier molecular flexibility index (Phi) is 6.18. The van der Waals surface area contributed by atoms with Crippen molar-refractivity contribution in [1.29, 1.82) is 5.26 Å². The van der Waals surface area contributed by atoms with Crippen LogP contribution in [0.25, 0.3) is 10.8 Å². The van der Waals surface area contributed by atoms with Gasteiger partial charge in [0, 0.05) is 48.5 Å². The molecule has 3 heterocycles. The van der Waals surface area contributed by atoms with Gasteiger partial charge in [0.05, 0.1) is 25.1 Å². The third kappa shape index (κ3) is 4.19. The van der Waals surface area contributed by atoms with Gasteiger partial charge in [-0.05, 0) is 30.4 Å².